The molecule has 2 aromatic heterocycles. The van der Waals surface area contributed by atoms with Crippen LogP contribution < -0.4 is 5.32 Å². The van der Waals surface area contributed by atoms with Crippen molar-refractivity contribution >= 4 is 11.7 Å². The summed E-state index contributed by atoms with van der Waals surface area (Å²) in [5.74, 6) is 0.0850. The number of benzene rings is 1. The fraction of sp³-hybridized carbons (Fsp3) is 0.286. The van der Waals surface area contributed by atoms with Crippen molar-refractivity contribution in [1.82, 2.24) is 19.7 Å². The normalized spacial score (nSPS) is 11.7. The molecule has 0 saturated carbocycles. The van der Waals surface area contributed by atoms with Crippen molar-refractivity contribution in [2.24, 2.45) is 0 Å². The summed E-state index contributed by atoms with van der Waals surface area (Å²) in [6, 6.07) is 13.6. The van der Waals surface area contributed by atoms with E-state index in [0.717, 1.165) is 17.0 Å². The summed E-state index contributed by atoms with van der Waals surface area (Å²) in [4.78, 5) is 21.9. The molecule has 0 aliphatic carbocycles. The molecule has 1 atom stereocenters. The molecule has 28 heavy (non-hydrogen) atoms. The highest BCUT2D eigenvalue weighted by Gasteiger charge is 2.24. The first-order valence-corrected chi connectivity index (χ1v) is 9.12. The molecule has 0 aliphatic heterocycles. The van der Waals surface area contributed by atoms with Crippen LogP contribution in [0.5, 0.6) is 0 Å². The van der Waals surface area contributed by atoms with Gasteiger partial charge in [-0.3, -0.25) is 4.79 Å². The summed E-state index contributed by atoms with van der Waals surface area (Å²) >= 11 is 0. The molecule has 1 aromatic carbocycles. The molecule has 0 bridgehead atoms. The highest BCUT2D eigenvalue weighted by atomic mass is 16.2. The van der Waals surface area contributed by atoms with Gasteiger partial charge in [-0.2, -0.15) is 15.0 Å². The number of nitrogens with zero attached hydrogens (tertiary/aromatic N) is 5. The van der Waals surface area contributed by atoms with E-state index in [4.69, 9.17) is 0 Å². The number of hydrogen-bond acceptors (Lipinski definition) is 5. The maximum Gasteiger partial charge on any atom is 0.252 e. The number of anilines is 1. The highest BCUT2D eigenvalue weighted by Crippen LogP contribution is 2.26. The lowest BCUT2D eigenvalue weighted by atomic mass is 9.95. The van der Waals surface area contributed by atoms with Gasteiger partial charge in [-0.1, -0.05) is 37.3 Å². The second kappa shape index (κ2) is 8.01. The van der Waals surface area contributed by atoms with Gasteiger partial charge in [0.2, 0.25) is 5.91 Å². The Morgan fingerprint density at radius 1 is 1.18 bits per heavy atom. The van der Waals surface area contributed by atoms with Crippen LogP contribution in [-0.2, 0) is 4.79 Å². The van der Waals surface area contributed by atoms with Crippen molar-refractivity contribution < 1.29 is 4.79 Å². The van der Waals surface area contributed by atoms with E-state index in [0.29, 0.717) is 29.4 Å². The van der Waals surface area contributed by atoms with Crippen molar-refractivity contribution in [2.45, 2.75) is 40.0 Å². The van der Waals surface area contributed by atoms with Gasteiger partial charge in [0.25, 0.3) is 5.95 Å². The van der Waals surface area contributed by atoms with Gasteiger partial charge in [-0.15, -0.1) is 0 Å². The van der Waals surface area contributed by atoms with Gasteiger partial charge < -0.3 is 5.32 Å². The van der Waals surface area contributed by atoms with Crippen LogP contribution in [0, 0.1) is 32.1 Å². The lowest BCUT2D eigenvalue weighted by Gasteiger charge is -2.16. The van der Waals surface area contributed by atoms with Crippen LogP contribution in [-0.4, -0.2) is 25.7 Å². The smallest absolute Gasteiger partial charge is 0.252 e. The summed E-state index contributed by atoms with van der Waals surface area (Å²) in [5, 5.41) is 16.9. The molecule has 3 aromatic rings. The van der Waals surface area contributed by atoms with Gasteiger partial charge in [-0.25, -0.2) is 9.97 Å². The molecule has 142 valence electrons. The van der Waals surface area contributed by atoms with Gasteiger partial charge in [0.15, 0.2) is 5.82 Å². The zero-order valence-electron chi connectivity index (χ0n) is 16.4. The van der Waals surface area contributed by atoms with E-state index in [2.05, 4.69) is 26.5 Å². The quantitative estimate of drug-likeness (QED) is 0.736. The maximum atomic E-state index is 13.0. The number of carbonyl (C=O) groups excluding carboxylic acids is 1. The molecule has 1 amide bonds. The van der Waals surface area contributed by atoms with Crippen molar-refractivity contribution in [3.8, 4) is 12.0 Å². The second-order valence-electron chi connectivity index (χ2n) is 6.64. The Kier molecular flexibility index (Phi) is 5.50. The fourth-order valence-corrected chi connectivity index (χ4v) is 3.18. The van der Waals surface area contributed by atoms with E-state index in [1.807, 2.05) is 57.2 Å². The van der Waals surface area contributed by atoms with Crippen LogP contribution in [0.25, 0.3) is 5.95 Å². The molecule has 3 rings (SSSR count). The van der Waals surface area contributed by atoms with Crippen LogP contribution >= 0.6 is 0 Å². The third kappa shape index (κ3) is 3.76. The Morgan fingerprint density at radius 2 is 1.82 bits per heavy atom. The molecule has 0 spiro atoms. The van der Waals surface area contributed by atoms with E-state index >= 15 is 0 Å². The average Bonchev–Trinajstić information content (AvgIpc) is 2.97. The molecule has 0 aliphatic rings. The average molecular weight is 374 g/mol. The zero-order valence-corrected chi connectivity index (χ0v) is 16.4. The molecule has 0 radical (unpaired) electrons. The van der Waals surface area contributed by atoms with Gasteiger partial charge in [-0.05, 0) is 38.8 Å². The number of aryl methyl sites for hydroxylation is 3. The minimum absolute atomic E-state index is 0.198. The first kappa shape index (κ1) is 19.2. The van der Waals surface area contributed by atoms with Gasteiger partial charge in [0.05, 0.1) is 11.6 Å². The number of rotatable bonds is 5. The third-order valence-electron chi connectivity index (χ3n) is 4.50. The van der Waals surface area contributed by atoms with E-state index in [-0.39, 0.29) is 11.8 Å². The summed E-state index contributed by atoms with van der Waals surface area (Å²) in [6.45, 7) is 7.40. The maximum absolute atomic E-state index is 13.0. The Hall–Kier alpha value is -3.53. The van der Waals surface area contributed by atoms with Crippen molar-refractivity contribution in [1.29, 1.82) is 5.26 Å². The van der Waals surface area contributed by atoms with Crippen LogP contribution in [0.4, 0.5) is 5.82 Å². The van der Waals surface area contributed by atoms with E-state index in [1.54, 1.807) is 6.92 Å². The first-order valence-electron chi connectivity index (χ1n) is 9.12. The molecule has 0 unspecified atom stereocenters. The molecular weight excluding hydrogens is 352 g/mol. The third-order valence-corrected chi connectivity index (χ3v) is 4.50. The van der Waals surface area contributed by atoms with Crippen molar-refractivity contribution in [3.05, 3.63) is 64.6 Å². The Labute approximate surface area is 164 Å². The molecular formula is C21H22N6O. The number of nitrogens with one attached hydrogen (secondary N) is 1. The molecule has 0 fully saturated rings. The zero-order chi connectivity index (χ0) is 20.3. The number of nitriles is 1. The second-order valence-corrected chi connectivity index (χ2v) is 6.64. The van der Waals surface area contributed by atoms with Crippen LogP contribution in [0.3, 0.4) is 0 Å². The van der Waals surface area contributed by atoms with Crippen molar-refractivity contribution in [2.75, 3.05) is 5.32 Å². The molecule has 0 saturated heterocycles. The van der Waals surface area contributed by atoms with E-state index in [1.165, 1.54) is 4.68 Å². The first-order chi connectivity index (χ1) is 13.4. The molecule has 7 nitrogen and oxygen atoms in total. The van der Waals surface area contributed by atoms with Crippen LogP contribution in [0.1, 0.15) is 47.5 Å². The summed E-state index contributed by atoms with van der Waals surface area (Å²) < 4.78 is 1.43. The molecule has 2 heterocycles. The van der Waals surface area contributed by atoms with Gasteiger partial charge >= 0.3 is 0 Å². The van der Waals surface area contributed by atoms with Crippen LogP contribution in [0.15, 0.2) is 36.4 Å². The number of hydrogen-bond donors (Lipinski definition) is 1. The summed E-state index contributed by atoms with van der Waals surface area (Å²) in [6.07, 6.45) is 0.630. The number of aromatic nitrogens is 4. The SMILES string of the molecule is CC[C@@H](C(=O)Nc1c(C#N)c(C)nn1-c1nc(C)cc(C)n1)c1ccccc1. The minimum atomic E-state index is -0.337. The van der Waals surface area contributed by atoms with Crippen molar-refractivity contribution in [3.63, 3.8) is 0 Å². The fourth-order valence-electron chi connectivity index (χ4n) is 3.18. The predicted molar refractivity (Wildman–Crippen MR) is 106 cm³/mol. The molecule has 7 heteroatoms. The Bertz CT molecular complexity index is 1030. The number of carbonyl (C=O) groups is 1. The lowest BCUT2D eigenvalue weighted by molar-refractivity contribution is -0.117. The summed E-state index contributed by atoms with van der Waals surface area (Å²) in [5.41, 5.74) is 3.29. The van der Waals surface area contributed by atoms with Gasteiger partial charge in [0, 0.05) is 11.4 Å². The summed E-state index contributed by atoms with van der Waals surface area (Å²) in [7, 11) is 0. The van der Waals surface area contributed by atoms with Crippen LogP contribution in [0.2, 0.25) is 0 Å². The minimum Gasteiger partial charge on any atom is -0.309 e. The Balaban J connectivity index is 2.04. The topological polar surface area (TPSA) is 96.5 Å². The lowest BCUT2D eigenvalue weighted by Crippen LogP contribution is -2.23. The number of amides is 1. The van der Waals surface area contributed by atoms with Gasteiger partial charge in [0.1, 0.15) is 11.6 Å². The highest BCUT2D eigenvalue weighted by molar-refractivity contribution is 5.96. The standard InChI is InChI=1S/C21H22N6O/c1-5-17(16-9-7-6-8-10-16)20(28)25-19-18(12-22)15(4)26-27(19)21-23-13(2)11-14(3)24-21/h6-11,17H,5H2,1-4H3,(H,25,28)/t17-/m1/s1. The van der Waals surface area contributed by atoms with E-state index in [9.17, 15) is 10.1 Å². The molecule has 1 N–H and O–H groups in total. The largest absolute Gasteiger partial charge is 0.309 e. The predicted octanol–water partition coefficient (Wildman–Crippen LogP) is 3.59. The Morgan fingerprint density at radius 3 is 2.39 bits per heavy atom. The monoisotopic (exact) mass is 374 g/mol. The van der Waals surface area contributed by atoms with E-state index < -0.39 is 0 Å².